The summed E-state index contributed by atoms with van der Waals surface area (Å²) >= 11 is 7.77. The van der Waals surface area contributed by atoms with Crippen molar-refractivity contribution in [3.63, 3.8) is 0 Å². The first kappa shape index (κ1) is 9.73. The summed E-state index contributed by atoms with van der Waals surface area (Å²) in [5.74, 6) is 0. The van der Waals surface area contributed by atoms with Gasteiger partial charge in [-0.25, -0.2) is 0 Å². The van der Waals surface area contributed by atoms with Gasteiger partial charge in [0.15, 0.2) is 0 Å². The van der Waals surface area contributed by atoms with E-state index in [9.17, 15) is 10.1 Å². The van der Waals surface area contributed by atoms with Crippen LogP contribution in [0.1, 0.15) is 5.56 Å². The van der Waals surface area contributed by atoms with Crippen LogP contribution in [0.15, 0.2) is 12.1 Å². The molecule has 0 aromatic heterocycles. The number of nitro benzene ring substituents is 1. The second-order valence-electron chi connectivity index (χ2n) is 2.29. The summed E-state index contributed by atoms with van der Waals surface area (Å²) in [6.07, 6.45) is 0. The van der Waals surface area contributed by atoms with Gasteiger partial charge in [0.05, 0.1) is 9.95 Å². The molecule has 0 saturated heterocycles. The lowest BCUT2D eigenvalue weighted by molar-refractivity contribution is -0.384. The predicted molar refractivity (Wildman–Crippen MR) is 55.6 cm³/mol. The fourth-order valence-corrected chi connectivity index (χ4v) is 1.72. The van der Waals surface area contributed by atoms with Crippen molar-refractivity contribution < 1.29 is 4.92 Å². The van der Waals surface area contributed by atoms with Gasteiger partial charge in [-0.3, -0.25) is 10.1 Å². The van der Waals surface area contributed by atoms with E-state index >= 15 is 0 Å². The topological polar surface area (TPSA) is 43.1 Å². The van der Waals surface area contributed by atoms with E-state index in [1.54, 1.807) is 0 Å². The third kappa shape index (κ3) is 1.87. The van der Waals surface area contributed by atoms with E-state index < -0.39 is 4.92 Å². The van der Waals surface area contributed by atoms with Gasteiger partial charge < -0.3 is 0 Å². The molecule has 0 spiro atoms. The maximum Gasteiger partial charge on any atom is 0.271 e. The summed E-state index contributed by atoms with van der Waals surface area (Å²) < 4.78 is 0.812. The van der Waals surface area contributed by atoms with Gasteiger partial charge in [-0.2, -0.15) is 0 Å². The van der Waals surface area contributed by atoms with Crippen molar-refractivity contribution >= 4 is 39.9 Å². The molecule has 0 unspecified atom stereocenters. The molecule has 0 aliphatic heterocycles. The molecule has 0 aliphatic carbocycles. The van der Waals surface area contributed by atoms with E-state index in [0.717, 1.165) is 9.13 Å². The smallest absolute Gasteiger partial charge is 0.258 e. The van der Waals surface area contributed by atoms with Gasteiger partial charge in [-0.15, -0.1) is 0 Å². The Morgan fingerprint density at radius 1 is 1.58 bits per heavy atom. The molecule has 3 nitrogen and oxygen atoms in total. The molecule has 0 heterocycles. The Labute approximate surface area is 88.0 Å². The van der Waals surface area contributed by atoms with Crippen LogP contribution in [-0.4, -0.2) is 4.92 Å². The lowest BCUT2D eigenvalue weighted by Gasteiger charge is -1.99. The van der Waals surface area contributed by atoms with Gasteiger partial charge in [-0.1, -0.05) is 11.6 Å². The number of non-ortho nitro benzene ring substituents is 1. The SMILES string of the molecule is Cc1c(Cl)cc([N+](=O)[O-])cc1I. The first-order chi connectivity index (χ1) is 5.52. The Hall–Kier alpha value is -0.360. The summed E-state index contributed by atoms with van der Waals surface area (Å²) in [6.45, 7) is 1.83. The Morgan fingerprint density at radius 2 is 2.17 bits per heavy atom. The summed E-state index contributed by atoms with van der Waals surface area (Å²) in [5.41, 5.74) is 0.915. The highest BCUT2D eigenvalue weighted by Gasteiger charge is 2.10. The van der Waals surface area contributed by atoms with Gasteiger partial charge >= 0.3 is 0 Å². The average molecular weight is 297 g/mol. The van der Waals surface area contributed by atoms with E-state index in [1.807, 2.05) is 29.5 Å². The Kier molecular flexibility index (Phi) is 2.89. The van der Waals surface area contributed by atoms with Crippen LogP contribution >= 0.6 is 34.2 Å². The average Bonchev–Trinajstić information content (AvgIpc) is 1.99. The molecule has 0 amide bonds. The van der Waals surface area contributed by atoms with Crippen LogP contribution in [0.4, 0.5) is 5.69 Å². The highest BCUT2D eigenvalue weighted by Crippen LogP contribution is 2.26. The number of rotatable bonds is 1. The molecule has 0 radical (unpaired) electrons. The van der Waals surface area contributed by atoms with Crippen LogP contribution in [0.3, 0.4) is 0 Å². The zero-order valence-corrected chi connectivity index (χ0v) is 9.09. The van der Waals surface area contributed by atoms with E-state index in [-0.39, 0.29) is 5.69 Å². The van der Waals surface area contributed by atoms with Gasteiger partial charge in [-0.05, 0) is 35.1 Å². The minimum absolute atomic E-state index is 0.0370. The molecular formula is C7H5ClINO2. The van der Waals surface area contributed by atoms with Crippen LogP contribution < -0.4 is 0 Å². The number of nitro groups is 1. The zero-order valence-electron chi connectivity index (χ0n) is 6.17. The quantitative estimate of drug-likeness (QED) is 0.454. The summed E-state index contributed by atoms with van der Waals surface area (Å²) in [6, 6.07) is 2.86. The maximum absolute atomic E-state index is 10.4. The molecule has 0 N–H and O–H groups in total. The number of hydrogen-bond donors (Lipinski definition) is 0. The molecule has 5 heteroatoms. The van der Waals surface area contributed by atoms with Crippen LogP contribution in [0.2, 0.25) is 5.02 Å². The number of benzene rings is 1. The number of halogens is 2. The van der Waals surface area contributed by atoms with Crippen LogP contribution in [0.25, 0.3) is 0 Å². The number of hydrogen-bond acceptors (Lipinski definition) is 2. The van der Waals surface area contributed by atoms with Crippen molar-refractivity contribution in [3.05, 3.63) is 36.4 Å². The molecule has 1 aromatic rings. The van der Waals surface area contributed by atoms with Gasteiger partial charge in [0, 0.05) is 15.7 Å². The second kappa shape index (κ2) is 3.57. The van der Waals surface area contributed by atoms with E-state index in [0.29, 0.717) is 5.02 Å². The molecule has 0 fully saturated rings. The highest BCUT2D eigenvalue weighted by molar-refractivity contribution is 14.1. The normalized spacial score (nSPS) is 9.92. The van der Waals surface area contributed by atoms with Crippen molar-refractivity contribution in [1.82, 2.24) is 0 Å². The molecule has 1 rings (SSSR count). The minimum Gasteiger partial charge on any atom is -0.258 e. The van der Waals surface area contributed by atoms with Gasteiger partial charge in [0.2, 0.25) is 0 Å². The van der Waals surface area contributed by atoms with Crippen molar-refractivity contribution in [2.75, 3.05) is 0 Å². The minimum atomic E-state index is -0.451. The molecular weight excluding hydrogens is 292 g/mol. The summed E-state index contributed by atoms with van der Waals surface area (Å²) in [7, 11) is 0. The van der Waals surface area contributed by atoms with Crippen molar-refractivity contribution in [1.29, 1.82) is 0 Å². The third-order valence-corrected chi connectivity index (χ3v) is 2.99. The molecule has 0 atom stereocenters. The Morgan fingerprint density at radius 3 is 2.58 bits per heavy atom. The number of nitrogens with zero attached hydrogens (tertiary/aromatic N) is 1. The van der Waals surface area contributed by atoms with Crippen molar-refractivity contribution in [2.24, 2.45) is 0 Å². The van der Waals surface area contributed by atoms with Crippen LogP contribution in [0, 0.1) is 20.6 Å². The van der Waals surface area contributed by atoms with E-state index in [1.165, 1.54) is 12.1 Å². The fourth-order valence-electron chi connectivity index (χ4n) is 0.737. The molecule has 0 bridgehead atoms. The maximum atomic E-state index is 10.4. The van der Waals surface area contributed by atoms with E-state index in [4.69, 9.17) is 11.6 Å². The fraction of sp³-hybridized carbons (Fsp3) is 0.143. The standard InChI is InChI=1S/C7H5ClINO2/c1-4-6(8)2-5(10(11)12)3-7(4)9/h2-3H,1H3. The largest absolute Gasteiger partial charge is 0.271 e. The van der Waals surface area contributed by atoms with Gasteiger partial charge in [0.25, 0.3) is 5.69 Å². The lowest BCUT2D eigenvalue weighted by Crippen LogP contribution is -1.90. The summed E-state index contributed by atoms with van der Waals surface area (Å²) in [4.78, 5) is 9.91. The molecule has 0 aliphatic rings. The first-order valence-corrected chi connectivity index (χ1v) is 4.58. The summed E-state index contributed by atoms with van der Waals surface area (Å²) in [5, 5.41) is 10.8. The molecule has 64 valence electrons. The van der Waals surface area contributed by atoms with E-state index in [2.05, 4.69) is 0 Å². The van der Waals surface area contributed by atoms with Crippen molar-refractivity contribution in [2.45, 2.75) is 6.92 Å². The second-order valence-corrected chi connectivity index (χ2v) is 3.86. The third-order valence-electron chi connectivity index (χ3n) is 1.48. The zero-order chi connectivity index (χ0) is 9.30. The van der Waals surface area contributed by atoms with Gasteiger partial charge in [0.1, 0.15) is 0 Å². The molecule has 1 aromatic carbocycles. The molecule has 12 heavy (non-hydrogen) atoms. The lowest BCUT2D eigenvalue weighted by atomic mass is 10.2. The Bertz CT molecular complexity index is 317. The molecule has 0 saturated carbocycles. The monoisotopic (exact) mass is 297 g/mol. The highest BCUT2D eigenvalue weighted by atomic mass is 127. The van der Waals surface area contributed by atoms with Crippen molar-refractivity contribution in [3.8, 4) is 0 Å². The van der Waals surface area contributed by atoms with Crippen LogP contribution in [0.5, 0.6) is 0 Å². The Balaban J connectivity index is 3.31. The van der Waals surface area contributed by atoms with Crippen LogP contribution in [-0.2, 0) is 0 Å². The predicted octanol–water partition coefficient (Wildman–Crippen LogP) is 3.16. The first-order valence-electron chi connectivity index (χ1n) is 3.12.